The maximum Gasteiger partial charge on any atom is 0.231 e. The highest BCUT2D eigenvalue weighted by atomic mass is 127. The van der Waals surface area contributed by atoms with Gasteiger partial charge >= 0.3 is 0 Å². The van der Waals surface area contributed by atoms with E-state index < -0.39 is 0 Å². The minimum Gasteiger partial charge on any atom is -0.454 e. The molecule has 5 nitrogen and oxygen atoms in total. The molecule has 1 heterocycles. The van der Waals surface area contributed by atoms with E-state index >= 15 is 0 Å². The molecule has 0 bridgehead atoms. The smallest absolute Gasteiger partial charge is 0.231 e. The highest BCUT2D eigenvalue weighted by molar-refractivity contribution is 14.0. The molecule has 0 atom stereocenters. The van der Waals surface area contributed by atoms with Gasteiger partial charge in [-0.25, -0.2) is 0 Å². The second-order valence-corrected chi connectivity index (χ2v) is 5.92. The van der Waals surface area contributed by atoms with Crippen LogP contribution in [0.15, 0.2) is 23.2 Å². The summed E-state index contributed by atoms with van der Waals surface area (Å²) in [7, 11) is 1.83. The second kappa shape index (κ2) is 9.20. The van der Waals surface area contributed by atoms with Crippen LogP contribution in [-0.4, -0.2) is 32.4 Å². The molecular weight excluding hydrogens is 405 g/mol. The minimum atomic E-state index is 0. The zero-order valence-corrected chi connectivity index (χ0v) is 16.0. The summed E-state index contributed by atoms with van der Waals surface area (Å²) < 4.78 is 10.7. The van der Waals surface area contributed by atoms with Gasteiger partial charge in [0, 0.05) is 19.6 Å². The molecule has 2 aliphatic rings. The molecule has 0 aromatic heterocycles. The van der Waals surface area contributed by atoms with Crippen molar-refractivity contribution >= 4 is 29.9 Å². The first-order chi connectivity index (χ1) is 10.8. The monoisotopic (exact) mass is 431 g/mol. The van der Waals surface area contributed by atoms with Crippen LogP contribution in [0.4, 0.5) is 0 Å². The number of hydrogen-bond acceptors (Lipinski definition) is 3. The third kappa shape index (κ3) is 5.16. The van der Waals surface area contributed by atoms with Crippen molar-refractivity contribution in [2.75, 3.05) is 20.4 Å². The van der Waals surface area contributed by atoms with Crippen LogP contribution in [0.5, 0.6) is 11.5 Å². The molecule has 2 N–H and O–H groups in total. The molecule has 3 rings (SSSR count). The summed E-state index contributed by atoms with van der Waals surface area (Å²) >= 11 is 0. The van der Waals surface area contributed by atoms with Crippen molar-refractivity contribution in [2.45, 2.75) is 44.6 Å². The standard InChI is InChI=1S/C17H25N3O2.HI/c1-18-17(20-14-5-3-2-4-6-14)19-10-9-13-7-8-15-16(11-13)22-12-21-15;/h7-8,11,14H,2-6,9-10,12H2,1H3,(H2,18,19,20);1H. The van der Waals surface area contributed by atoms with Gasteiger partial charge in [-0.3, -0.25) is 4.99 Å². The molecule has 1 saturated carbocycles. The molecular formula is C17H26IN3O2. The van der Waals surface area contributed by atoms with Gasteiger partial charge in [0.1, 0.15) is 0 Å². The van der Waals surface area contributed by atoms with E-state index in [4.69, 9.17) is 9.47 Å². The van der Waals surface area contributed by atoms with E-state index in [0.29, 0.717) is 12.8 Å². The van der Waals surface area contributed by atoms with Gasteiger partial charge in [0.25, 0.3) is 0 Å². The summed E-state index contributed by atoms with van der Waals surface area (Å²) in [6.45, 7) is 1.18. The van der Waals surface area contributed by atoms with Crippen LogP contribution >= 0.6 is 24.0 Å². The molecule has 1 aromatic carbocycles. The van der Waals surface area contributed by atoms with Crippen LogP contribution in [0, 0.1) is 0 Å². The first kappa shape index (κ1) is 18.2. The predicted molar refractivity (Wildman–Crippen MR) is 103 cm³/mol. The third-order valence-electron chi connectivity index (χ3n) is 4.31. The maximum absolute atomic E-state index is 5.41. The first-order valence-corrected chi connectivity index (χ1v) is 8.21. The summed E-state index contributed by atoms with van der Waals surface area (Å²) in [5, 5.41) is 6.93. The van der Waals surface area contributed by atoms with Crippen LogP contribution in [0.1, 0.15) is 37.7 Å². The number of aliphatic imine (C=N–C) groups is 1. The van der Waals surface area contributed by atoms with Gasteiger partial charge in [-0.05, 0) is 37.0 Å². The quantitative estimate of drug-likeness (QED) is 0.437. The van der Waals surface area contributed by atoms with Crippen molar-refractivity contribution in [1.82, 2.24) is 10.6 Å². The van der Waals surface area contributed by atoms with Crippen molar-refractivity contribution < 1.29 is 9.47 Å². The number of rotatable bonds is 4. The molecule has 128 valence electrons. The van der Waals surface area contributed by atoms with Crippen LogP contribution in [0.2, 0.25) is 0 Å². The van der Waals surface area contributed by atoms with Gasteiger partial charge in [-0.1, -0.05) is 25.3 Å². The Morgan fingerprint density at radius 1 is 1.17 bits per heavy atom. The fourth-order valence-corrected chi connectivity index (χ4v) is 3.06. The Balaban J connectivity index is 0.00000192. The highest BCUT2D eigenvalue weighted by Gasteiger charge is 2.15. The lowest BCUT2D eigenvalue weighted by molar-refractivity contribution is 0.174. The van der Waals surface area contributed by atoms with Crippen LogP contribution in [0.25, 0.3) is 0 Å². The van der Waals surface area contributed by atoms with Gasteiger partial charge < -0.3 is 20.1 Å². The molecule has 23 heavy (non-hydrogen) atoms. The van der Waals surface area contributed by atoms with E-state index in [1.165, 1.54) is 37.7 Å². The average Bonchev–Trinajstić information content (AvgIpc) is 3.02. The number of ether oxygens (including phenoxy) is 2. The Hall–Kier alpha value is -1.18. The zero-order chi connectivity index (χ0) is 15.2. The fourth-order valence-electron chi connectivity index (χ4n) is 3.06. The van der Waals surface area contributed by atoms with E-state index in [2.05, 4.69) is 27.8 Å². The van der Waals surface area contributed by atoms with Gasteiger partial charge in [0.05, 0.1) is 0 Å². The Labute approximate surface area is 155 Å². The van der Waals surface area contributed by atoms with Crippen LogP contribution in [0.3, 0.4) is 0 Å². The lowest BCUT2D eigenvalue weighted by atomic mass is 9.96. The lowest BCUT2D eigenvalue weighted by Crippen LogP contribution is -2.44. The van der Waals surface area contributed by atoms with Gasteiger partial charge in [-0.15, -0.1) is 24.0 Å². The molecule has 0 unspecified atom stereocenters. The largest absolute Gasteiger partial charge is 0.454 e. The van der Waals surface area contributed by atoms with Crippen molar-refractivity contribution in [3.63, 3.8) is 0 Å². The second-order valence-electron chi connectivity index (χ2n) is 5.92. The molecule has 1 aliphatic carbocycles. The summed E-state index contributed by atoms with van der Waals surface area (Å²) in [4.78, 5) is 4.32. The highest BCUT2D eigenvalue weighted by Crippen LogP contribution is 2.32. The number of guanidine groups is 1. The third-order valence-corrected chi connectivity index (χ3v) is 4.31. The topological polar surface area (TPSA) is 54.9 Å². The summed E-state index contributed by atoms with van der Waals surface area (Å²) in [5.74, 6) is 2.60. The van der Waals surface area contributed by atoms with Crippen molar-refractivity contribution in [1.29, 1.82) is 0 Å². The van der Waals surface area contributed by atoms with Crippen molar-refractivity contribution in [3.05, 3.63) is 23.8 Å². The maximum atomic E-state index is 5.41. The molecule has 1 aromatic rings. The van der Waals surface area contributed by atoms with E-state index in [-0.39, 0.29) is 24.0 Å². The molecule has 1 aliphatic heterocycles. The molecule has 1 fully saturated rings. The molecule has 6 heteroatoms. The van der Waals surface area contributed by atoms with E-state index in [1.807, 2.05) is 13.1 Å². The summed E-state index contributed by atoms with van der Waals surface area (Å²) in [6, 6.07) is 6.70. The summed E-state index contributed by atoms with van der Waals surface area (Å²) in [5.41, 5.74) is 1.24. The normalized spacial score (nSPS) is 17.5. The minimum absolute atomic E-state index is 0. The number of nitrogens with zero attached hydrogens (tertiary/aromatic N) is 1. The predicted octanol–water partition coefficient (Wildman–Crippen LogP) is 3.07. The Morgan fingerprint density at radius 2 is 1.96 bits per heavy atom. The summed E-state index contributed by atoms with van der Waals surface area (Å²) in [6.07, 6.45) is 7.46. The van der Waals surface area contributed by atoms with E-state index in [9.17, 15) is 0 Å². The van der Waals surface area contributed by atoms with E-state index in [1.54, 1.807) is 0 Å². The molecule has 0 spiro atoms. The SMILES string of the molecule is CN=C(NCCc1ccc2c(c1)OCO2)NC1CCCCC1.I. The Bertz CT molecular complexity index is 531. The van der Waals surface area contributed by atoms with Gasteiger partial charge in [0.2, 0.25) is 6.79 Å². The number of fused-ring (bicyclic) bond motifs is 1. The molecule has 0 amide bonds. The zero-order valence-electron chi connectivity index (χ0n) is 13.6. The Morgan fingerprint density at radius 3 is 2.74 bits per heavy atom. The van der Waals surface area contributed by atoms with Gasteiger partial charge in [0.15, 0.2) is 17.5 Å². The number of benzene rings is 1. The van der Waals surface area contributed by atoms with E-state index in [0.717, 1.165) is 30.4 Å². The number of halogens is 1. The number of nitrogens with one attached hydrogen (secondary N) is 2. The van der Waals surface area contributed by atoms with Crippen LogP contribution in [-0.2, 0) is 6.42 Å². The average molecular weight is 431 g/mol. The van der Waals surface area contributed by atoms with Crippen molar-refractivity contribution in [3.8, 4) is 11.5 Å². The molecule has 0 radical (unpaired) electrons. The first-order valence-electron chi connectivity index (χ1n) is 8.21. The fraction of sp³-hybridized carbons (Fsp3) is 0.588. The molecule has 0 saturated heterocycles. The van der Waals surface area contributed by atoms with Crippen LogP contribution < -0.4 is 20.1 Å². The number of hydrogen-bond donors (Lipinski definition) is 2. The van der Waals surface area contributed by atoms with Gasteiger partial charge in [-0.2, -0.15) is 0 Å². The lowest BCUT2D eigenvalue weighted by Gasteiger charge is -2.24. The van der Waals surface area contributed by atoms with Crippen molar-refractivity contribution in [2.24, 2.45) is 4.99 Å². The Kier molecular flexibility index (Phi) is 7.26.